The average molecular weight is 538 g/mol. The molecule has 0 radical (unpaired) electrons. The monoisotopic (exact) mass is 537 g/mol. The fourth-order valence-electron chi connectivity index (χ4n) is 7.17. The number of rotatable bonds is 4. The zero-order valence-electron chi connectivity index (χ0n) is 22.0. The molecule has 0 unspecified atom stereocenters. The maximum absolute atomic E-state index is 13.7. The smallest absolute Gasteiger partial charge is 0.475 e. The predicted octanol–water partition coefficient (Wildman–Crippen LogP) is 3.83. The predicted molar refractivity (Wildman–Crippen MR) is 135 cm³/mol. The lowest BCUT2D eigenvalue weighted by Crippen LogP contribution is -2.50. The largest absolute Gasteiger partial charge is 0.490 e. The van der Waals surface area contributed by atoms with Gasteiger partial charge in [-0.05, 0) is 62.0 Å². The molecule has 10 heteroatoms. The minimum absolute atomic E-state index is 0.170. The fourth-order valence-corrected chi connectivity index (χ4v) is 7.17. The first-order valence-electron chi connectivity index (χ1n) is 13.6. The van der Waals surface area contributed by atoms with E-state index in [0.29, 0.717) is 18.2 Å². The summed E-state index contributed by atoms with van der Waals surface area (Å²) in [6, 6.07) is 10.1. The van der Waals surface area contributed by atoms with Crippen LogP contribution in [0.1, 0.15) is 51.0 Å². The SMILES string of the molecule is CCN1C[C@H]2C3(CCN(C(=O)Cc4ccccc4)CC3)CC[C@@]2(C(=O)N2CCCC2)C1.O=C(O)C(F)(F)F. The number of fused-ring (bicyclic) bond motifs is 2. The molecule has 3 aliphatic heterocycles. The molecular formula is C28H38F3N3O4. The van der Waals surface area contributed by atoms with Crippen molar-refractivity contribution in [2.24, 2.45) is 16.7 Å². The Morgan fingerprint density at radius 1 is 0.947 bits per heavy atom. The zero-order chi connectivity index (χ0) is 27.6. The van der Waals surface area contributed by atoms with E-state index < -0.39 is 12.1 Å². The van der Waals surface area contributed by atoms with Gasteiger partial charge in [-0.15, -0.1) is 0 Å². The minimum atomic E-state index is -5.08. The van der Waals surface area contributed by atoms with Crippen molar-refractivity contribution in [3.8, 4) is 0 Å². The normalized spacial score (nSPS) is 26.7. The molecule has 4 aliphatic rings. The first-order chi connectivity index (χ1) is 18.0. The number of benzene rings is 1. The van der Waals surface area contributed by atoms with Gasteiger partial charge in [-0.25, -0.2) is 4.79 Å². The highest BCUT2D eigenvalue weighted by atomic mass is 19.4. The van der Waals surface area contributed by atoms with Crippen molar-refractivity contribution in [3.05, 3.63) is 35.9 Å². The lowest BCUT2D eigenvalue weighted by molar-refractivity contribution is -0.192. The zero-order valence-corrected chi connectivity index (χ0v) is 22.0. The maximum Gasteiger partial charge on any atom is 0.490 e. The van der Waals surface area contributed by atoms with Crippen molar-refractivity contribution in [2.75, 3.05) is 45.8 Å². The molecular weight excluding hydrogens is 499 g/mol. The second kappa shape index (κ2) is 11.2. The molecule has 1 aromatic rings. The Morgan fingerprint density at radius 3 is 2.11 bits per heavy atom. The standard InChI is InChI=1S/C26H37N3O2.C2HF3O2/c1-2-27-19-22-25(10-11-26(22,20-27)24(31)29-14-6-7-15-29)12-16-28(17-13-25)23(30)18-21-8-4-3-5-9-21;3-2(4,5)1(6)7/h3-5,8-9,22H,2,6-7,10-20H2,1H3;(H,6,7)/t22-,26+;/m0./s1. The number of halogens is 3. The number of amides is 2. The number of alkyl halides is 3. The van der Waals surface area contributed by atoms with Gasteiger partial charge < -0.3 is 19.8 Å². The van der Waals surface area contributed by atoms with Crippen LogP contribution in [0.4, 0.5) is 13.2 Å². The molecule has 1 N–H and O–H groups in total. The van der Waals surface area contributed by atoms with Gasteiger partial charge in [-0.2, -0.15) is 13.2 Å². The van der Waals surface area contributed by atoms with Crippen LogP contribution in [0.3, 0.4) is 0 Å². The lowest BCUT2D eigenvalue weighted by Gasteiger charge is -2.45. The van der Waals surface area contributed by atoms with Crippen LogP contribution in [0.25, 0.3) is 0 Å². The molecule has 1 aliphatic carbocycles. The number of nitrogens with zero attached hydrogens (tertiary/aromatic N) is 3. The summed E-state index contributed by atoms with van der Waals surface area (Å²) in [5.41, 5.74) is 1.16. The first kappa shape index (κ1) is 28.4. The number of carboxylic acid groups (broad SMARTS) is 1. The molecule has 3 heterocycles. The van der Waals surface area contributed by atoms with E-state index in [-0.39, 0.29) is 16.7 Å². The average Bonchev–Trinajstić information content (AvgIpc) is 3.62. The topological polar surface area (TPSA) is 81.2 Å². The number of piperidine rings is 1. The number of hydrogen-bond acceptors (Lipinski definition) is 4. The van der Waals surface area contributed by atoms with Gasteiger partial charge in [0.1, 0.15) is 0 Å². The van der Waals surface area contributed by atoms with Gasteiger partial charge in [-0.3, -0.25) is 9.59 Å². The van der Waals surface area contributed by atoms with Gasteiger partial charge in [0.2, 0.25) is 11.8 Å². The van der Waals surface area contributed by atoms with Crippen LogP contribution in [-0.4, -0.2) is 89.6 Å². The fraction of sp³-hybridized carbons (Fsp3) is 0.679. The molecule has 1 aromatic carbocycles. The molecule has 7 nitrogen and oxygen atoms in total. The molecule has 1 saturated carbocycles. The Morgan fingerprint density at radius 2 is 1.55 bits per heavy atom. The van der Waals surface area contributed by atoms with Crippen LogP contribution >= 0.6 is 0 Å². The molecule has 0 aromatic heterocycles. The Bertz CT molecular complexity index is 1000. The Labute approximate surface area is 221 Å². The van der Waals surface area contributed by atoms with E-state index in [0.717, 1.165) is 89.9 Å². The molecule has 1 spiro atoms. The van der Waals surface area contributed by atoms with Gasteiger partial charge in [0, 0.05) is 39.3 Å². The highest BCUT2D eigenvalue weighted by Crippen LogP contribution is 2.62. The number of carbonyl (C=O) groups excluding carboxylic acids is 2. The number of hydrogen-bond donors (Lipinski definition) is 1. The summed E-state index contributed by atoms with van der Waals surface area (Å²) >= 11 is 0. The van der Waals surface area contributed by atoms with E-state index >= 15 is 0 Å². The molecule has 210 valence electrons. The van der Waals surface area contributed by atoms with Crippen LogP contribution < -0.4 is 0 Å². The number of carboxylic acids is 1. The van der Waals surface area contributed by atoms with Crippen LogP contribution in [0.5, 0.6) is 0 Å². The Kier molecular flexibility index (Phi) is 8.40. The summed E-state index contributed by atoms with van der Waals surface area (Å²) in [4.78, 5) is 42.3. The quantitative estimate of drug-likeness (QED) is 0.632. The van der Waals surface area contributed by atoms with Gasteiger partial charge in [0.05, 0.1) is 11.8 Å². The summed E-state index contributed by atoms with van der Waals surface area (Å²) in [5.74, 6) is -1.60. The van der Waals surface area contributed by atoms with E-state index in [1.165, 1.54) is 0 Å². The lowest BCUT2D eigenvalue weighted by atomic mass is 9.65. The summed E-state index contributed by atoms with van der Waals surface area (Å²) < 4.78 is 31.7. The Balaban J connectivity index is 0.000000426. The van der Waals surface area contributed by atoms with Gasteiger partial charge in [0.25, 0.3) is 0 Å². The van der Waals surface area contributed by atoms with Gasteiger partial charge in [0.15, 0.2) is 0 Å². The Hall–Kier alpha value is -2.62. The van der Waals surface area contributed by atoms with Crippen molar-refractivity contribution in [3.63, 3.8) is 0 Å². The van der Waals surface area contributed by atoms with Crippen LogP contribution in [0.2, 0.25) is 0 Å². The van der Waals surface area contributed by atoms with E-state index in [9.17, 15) is 22.8 Å². The van der Waals surface area contributed by atoms with Crippen molar-refractivity contribution >= 4 is 17.8 Å². The second-order valence-corrected chi connectivity index (χ2v) is 11.2. The number of likely N-dealkylation sites (tertiary alicyclic amines) is 3. The molecule has 0 bridgehead atoms. The van der Waals surface area contributed by atoms with E-state index in [1.807, 2.05) is 30.3 Å². The van der Waals surface area contributed by atoms with Crippen LogP contribution in [0.15, 0.2) is 30.3 Å². The van der Waals surface area contributed by atoms with Crippen molar-refractivity contribution in [2.45, 2.75) is 58.0 Å². The third kappa shape index (κ3) is 5.70. The molecule has 2 atom stereocenters. The third-order valence-electron chi connectivity index (χ3n) is 9.24. The van der Waals surface area contributed by atoms with Crippen molar-refractivity contribution in [1.82, 2.24) is 14.7 Å². The van der Waals surface area contributed by atoms with Crippen molar-refractivity contribution in [1.29, 1.82) is 0 Å². The molecule has 4 fully saturated rings. The van der Waals surface area contributed by atoms with Crippen LogP contribution in [0, 0.1) is 16.7 Å². The summed E-state index contributed by atoms with van der Waals surface area (Å²) in [5, 5.41) is 7.12. The molecule has 5 rings (SSSR count). The van der Waals surface area contributed by atoms with E-state index in [1.54, 1.807) is 0 Å². The highest BCUT2D eigenvalue weighted by Gasteiger charge is 2.64. The minimum Gasteiger partial charge on any atom is -0.475 e. The summed E-state index contributed by atoms with van der Waals surface area (Å²) in [6.07, 6.45) is 2.06. The van der Waals surface area contributed by atoms with Crippen molar-refractivity contribution < 1.29 is 32.7 Å². The van der Waals surface area contributed by atoms with Gasteiger partial charge >= 0.3 is 12.1 Å². The molecule has 38 heavy (non-hydrogen) atoms. The highest BCUT2D eigenvalue weighted by molar-refractivity contribution is 5.85. The molecule has 2 amide bonds. The maximum atomic E-state index is 13.7. The van der Waals surface area contributed by atoms with Gasteiger partial charge in [-0.1, -0.05) is 37.3 Å². The third-order valence-corrected chi connectivity index (χ3v) is 9.24. The summed E-state index contributed by atoms with van der Waals surface area (Å²) in [6.45, 7) is 8.87. The summed E-state index contributed by atoms with van der Waals surface area (Å²) in [7, 11) is 0. The number of aliphatic carboxylic acids is 1. The second-order valence-electron chi connectivity index (χ2n) is 11.2. The first-order valence-corrected chi connectivity index (χ1v) is 13.6. The van der Waals surface area contributed by atoms with E-state index in [4.69, 9.17) is 9.90 Å². The molecule has 3 saturated heterocycles. The number of carbonyl (C=O) groups is 3. The van der Waals surface area contributed by atoms with E-state index in [2.05, 4.69) is 21.6 Å². The van der Waals surface area contributed by atoms with Crippen LogP contribution in [-0.2, 0) is 20.8 Å².